The molecule has 0 atom stereocenters. The second-order valence-corrected chi connectivity index (χ2v) is 6.82. The molecule has 3 rings (SSSR count). The average Bonchev–Trinajstić information content (AvgIpc) is 3.10. The maximum atomic E-state index is 12.3. The molecule has 144 valence electrons. The first-order valence-electron chi connectivity index (χ1n) is 8.57. The highest BCUT2D eigenvalue weighted by molar-refractivity contribution is 9.10. The smallest absolute Gasteiger partial charge is 0.292 e. The van der Waals surface area contributed by atoms with Crippen LogP contribution in [-0.4, -0.2) is 27.2 Å². The molecular weight excluding hydrogens is 426 g/mol. The lowest BCUT2D eigenvalue weighted by atomic mass is 10.2. The van der Waals surface area contributed by atoms with Crippen molar-refractivity contribution in [2.45, 2.75) is 13.0 Å². The van der Waals surface area contributed by atoms with Crippen LogP contribution >= 0.6 is 15.9 Å². The molecule has 9 heteroatoms. The van der Waals surface area contributed by atoms with Crippen LogP contribution in [0.5, 0.6) is 0 Å². The van der Waals surface area contributed by atoms with E-state index in [-0.39, 0.29) is 24.6 Å². The van der Waals surface area contributed by atoms with Gasteiger partial charge in [0.15, 0.2) is 0 Å². The SMILES string of the molecule is O=C(CCNc1ccccc1[N+](=O)[O-])Nc1ccnn1Cc1ccccc1Br. The van der Waals surface area contributed by atoms with Gasteiger partial charge in [-0.05, 0) is 17.7 Å². The van der Waals surface area contributed by atoms with E-state index in [1.54, 1.807) is 35.1 Å². The molecule has 3 aromatic rings. The van der Waals surface area contributed by atoms with Crippen molar-refractivity contribution in [1.29, 1.82) is 0 Å². The molecular formula is C19H18BrN5O3. The fourth-order valence-electron chi connectivity index (χ4n) is 2.65. The number of benzene rings is 2. The highest BCUT2D eigenvalue weighted by atomic mass is 79.9. The molecule has 0 aliphatic heterocycles. The zero-order chi connectivity index (χ0) is 19.9. The van der Waals surface area contributed by atoms with E-state index in [1.807, 2.05) is 24.3 Å². The summed E-state index contributed by atoms with van der Waals surface area (Å²) in [4.78, 5) is 22.8. The first kappa shape index (κ1) is 19.6. The molecule has 0 spiro atoms. The van der Waals surface area contributed by atoms with Crippen LogP contribution in [0.1, 0.15) is 12.0 Å². The van der Waals surface area contributed by atoms with Crippen LogP contribution in [0.2, 0.25) is 0 Å². The summed E-state index contributed by atoms with van der Waals surface area (Å²) in [5, 5.41) is 21.0. The van der Waals surface area contributed by atoms with Gasteiger partial charge in [0.25, 0.3) is 5.69 Å². The van der Waals surface area contributed by atoms with Gasteiger partial charge in [0.1, 0.15) is 11.5 Å². The number of rotatable bonds is 8. The normalized spacial score (nSPS) is 10.5. The first-order valence-corrected chi connectivity index (χ1v) is 9.36. The minimum absolute atomic E-state index is 0.0191. The van der Waals surface area contributed by atoms with Gasteiger partial charge in [-0.2, -0.15) is 5.10 Å². The Morgan fingerprint density at radius 2 is 1.89 bits per heavy atom. The topological polar surface area (TPSA) is 102 Å². The lowest BCUT2D eigenvalue weighted by Crippen LogP contribution is -2.19. The predicted octanol–water partition coefficient (Wildman–Crippen LogP) is 4.04. The summed E-state index contributed by atoms with van der Waals surface area (Å²) in [6.07, 6.45) is 1.78. The van der Waals surface area contributed by atoms with Crippen molar-refractivity contribution in [2.24, 2.45) is 0 Å². The highest BCUT2D eigenvalue weighted by Crippen LogP contribution is 2.23. The third kappa shape index (κ3) is 4.95. The number of carbonyl (C=O) groups excluding carboxylic acids is 1. The van der Waals surface area contributed by atoms with E-state index in [0.29, 0.717) is 18.1 Å². The lowest BCUT2D eigenvalue weighted by molar-refractivity contribution is -0.384. The van der Waals surface area contributed by atoms with Gasteiger partial charge >= 0.3 is 0 Å². The van der Waals surface area contributed by atoms with E-state index < -0.39 is 4.92 Å². The van der Waals surface area contributed by atoms with Gasteiger partial charge in [0, 0.05) is 29.6 Å². The molecule has 8 nitrogen and oxygen atoms in total. The van der Waals surface area contributed by atoms with E-state index in [2.05, 4.69) is 31.7 Å². The summed E-state index contributed by atoms with van der Waals surface area (Å²) in [5.74, 6) is 0.381. The molecule has 1 heterocycles. The van der Waals surface area contributed by atoms with Crippen LogP contribution in [0.15, 0.2) is 65.3 Å². The van der Waals surface area contributed by atoms with Crippen molar-refractivity contribution < 1.29 is 9.72 Å². The van der Waals surface area contributed by atoms with Gasteiger partial charge in [-0.15, -0.1) is 0 Å². The Balaban J connectivity index is 1.56. The lowest BCUT2D eigenvalue weighted by Gasteiger charge is -2.11. The molecule has 0 fully saturated rings. The van der Waals surface area contributed by atoms with Crippen LogP contribution in [0.25, 0.3) is 0 Å². The molecule has 0 unspecified atom stereocenters. The molecule has 0 aliphatic rings. The van der Waals surface area contributed by atoms with Crippen molar-refractivity contribution in [3.05, 3.63) is 80.9 Å². The van der Waals surface area contributed by atoms with E-state index >= 15 is 0 Å². The molecule has 0 saturated heterocycles. The Kier molecular flexibility index (Phi) is 6.38. The summed E-state index contributed by atoms with van der Waals surface area (Å²) >= 11 is 3.51. The second kappa shape index (κ2) is 9.14. The van der Waals surface area contributed by atoms with Crippen molar-refractivity contribution in [1.82, 2.24) is 9.78 Å². The number of nitro groups is 1. The maximum Gasteiger partial charge on any atom is 0.292 e. The minimum Gasteiger partial charge on any atom is -0.379 e. The second-order valence-electron chi connectivity index (χ2n) is 5.96. The van der Waals surface area contributed by atoms with E-state index in [4.69, 9.17) is 0 Å². The standard InChI is InChI=1S/C19H18BrN5O3/c20-15-6-2-1-5-14(15)13-24-18(9-12-22-24)23-19(26)10-11-21-16-7-3-4-8-17(16)25(27)28/h1-9,12,21H,10-11,13H2,(H,23,26). The molecule has 0 aliphatic carbocycles. The molecule has 0 bridgehead atoms. The Morgan fingerprint density at radius 1 is 1.14 bits per heavy atom. The summed E-state index contributed by atoms with van der Waals surface area (Å²) in [6, 6.07) is 15.9. The monoisotopic (exact) mass is 443 g/mol. The summed E-state index contributed by atoms with van der Waals surface area (Å²) < 4.78 is 2.67. The van der Waals surface area contributed by atoms with Crippen molar-refractivity contribution in [2.75, 3.05) is 17.2 Å². The number of para-hydroxylation sites is 2. The molecule has 2 aromatic carbocycles. The van der Waals surface area contributed by atoms with Gasteiger partial charge in [0.2, 0.25) is 5.91 Å². The van der Waals surface area contributed by atoms with Crippen LogP contribution in [0.3, 0.4) is 0 Å². The van der Waals surface area contributed by atoms with Crippen molar-refractivity contribution >= 4 is 39.0 Å². The Bertz CT molecular complexity index is 989. The number of amides is 1. The minimum atomic E-state index is -0.456. The average molecular weight is 444 g/mol. The van der Waals surface area contributed by atoms with Crippen LogP contribution in [0.4, 0.5) is 17.2 Å². The molecule has 1 aromatic heterocycles. The zero-order valence-corrected chi connectivity index (χ0v) is 16.4. The van der Waals surface area contributed by atoms with E-state index in [1.165, 1.54) is 6.07 Å². The Labute approximate surface area is 169 Å². The quantitative estimate of drug-likeness (QED) is 0.403. The summed E-state index contributed by atoms with van der Waals surface area (Å²) in [5.41, 5.74) is 1.41. The van der Waals surface area contributed by atoms with Crippen molar-refractivity contribution in [3.63, 3.8) is 0 Å². The van der Waals surface area contributed by atoms with E-state index in [0.717, 1.165) is 10.0 Å². The first-order chi connectivity index (χ1) is 13.5. The maximum absolute atomic E-state index is 12.3. The number of nitrogens with one attached hydrogen (secondary N) is 2. The van der Waals surface area contributed by atoms with Crippen LogP contribution in [0, 0.1) is 10.1 Å². The number of anilines is 2. The largest absolute Gasteiger partial charge is 0.379 e. The van der Waals surface area contributed by atoms with Gasteiger partial charge in [-0.3, -0.25) is 14.9 Å². The molecule has 0 saturated carbocycles. The van der Waals surface area contributed by atoms with Gasteiger partial charge < -0.3 is 10.6 Å². The van der Waals surface area contributed by atoms with Crippen LogP contribution in [-0.2, 0) is 11.3 Å². The Hall–Kier alpha value is -3.20. The van der Waals surface area contributed by atoms with Crippen molar-refractivity contribution in [3.8, 4) is 0 Å². The number of hydrogen-bond acceptors (Lipinski definition) is 5. The molecule has 1 amide bonds. The summed E-state index contributed by atoms with van der Waals surface area (Å²) in [7, 11) is 0. The van der Waals surface area contributed by atoms with Gasteiger partial charge in [-0.1, -0.05) is 46.3 Å². The van der Waals surface area contributed by atoms with E-state index in [9.17, 15) is 14.9 Å². The van der Waals surface area contributed by atoms with Gasteiger partial charge in [0.05, 0.1) is 17.7 Å². The fourth-order valence-corrected chi connectivity index (χ4v) is 3.06. The Morgan fingerprint density at radius 3 is 2.68 bits per heavy atom. The number of halogens is 1. The number of carbonyl (C=O) groups is 1. The number of aromatic nitrogens is 2. The molecule has 2 N–H and O–H groups in total. The fraction of sp³-hybridized carbons (Fsp3) is 0.158. The molecule has 0 radical (unpaired) electrons. The highest BCUT2D eigenvalue weighted by Gasteiger charge is 2.13. The number of hydrogen-bond donors (Lipinski definition) is 2. The number of nitrogens with zero attached hydrogens (tertiary/aromatic N) is 3. The van der Waals surface area contributed by atoms with Gasteiger partial charge in [-0.25, -0.2) is 4.68 Å². The third-order valence-electron chi connectivity index (χ3n) is 4.03. The summed E-state index contributed by atoms with van der Waals surface area (Å²) in [6.45, 7) is 0.785. The molecule has 28 heavy (non-hydrogen) atoms. The zero-order valence-electron chi connectivity index (χ0n) is 14.8. The number of nitro benzene ring substituents is 1. The third-order valence-corrected chi connectivity index (χ3v) is 4.80. The predicted molar refractivity (Wildman–Crippen MR) is 110 cm³/mol. The van der Waals surface area contributed by atoms with Crippen LogP contribution < -0.4 is 10.6 Å².